The molecule has 0 aliphatic rings. The van der Waals surface area contributed by atoms with E-state index in [1.54, 1.807) is 12.3 Å². The first-order chi connectivity index (χ1) is 10.1. The Kier molecular flexibility index (Phi) is 3.85. The average molecular weight is 362 g/mol. The fraction of sp³-hybridized carbons (Fsp3) is 0. The molecule has 7 heteroatoms. The Morgan fingerprint density at radius 1 is 1.10 bits per heavy atom. The van der Waals surface area contributed by atoms with Crippen LogP contribution in [0.4, 0.5) is 0 Å². The molecule has 0 radical (unpaired) electrons. The largest absolute Gasteiger partial charge is 0.475 e. The molecule has 0 fully saturated rings. The number of benzene rings is 1. The topological polar surface area (TPSA) is 76.0 Å². The van der Waals surface area contributed by atoms with Gasteiger partial charge in [-0.05, 0) is 45.9 Å². The standard InChI is InChI=1S/C14H8BrN3O2S/c15-9-5-3-7-16-13(9)21-12-8-4-1-2-6-10(8)17-11(18-12)14(19)20/h1-7H,(H,19,20). The van der Waals surface area contributed by atoms with Crippen LogP contribution >= 0.6 is 27.7 Å². The van der Waals surface area contributed by atoms with Gasteiger partial charge >= 0.3 is 5.97 Å². The van der Waals surface area contributed by atoms with Crippen molar-refractivity contribution in [2.24, 2.45) is 0 Å². The van der Waals surface area contributed by atoms with Gasteiger partial charge in [0, 0.05) is 11.6 Å². The van der Waals surface area contributed by atoms with Gasteiger partial charge in [-0.1, -0.05) is 18.2 Å². The van der Waals surface area contributed by atoms with Crippen molar-refractivity contribution in [3.8, 4) is 0 Å². The zero-order valence-corrected chi connectivity index (χ0v) is 12.9. The molecular weight excluding hydrogens is 354 g/mol. The van der Waals surface area contributed by atoms with Gasteiger partial charge in [-0.25, -0.2) is 19.7 Å². The third-order valence-electron chi connectivity index (χ3n) is 2.68. The summed E-state index contributed by atoms with van der Waals surface area (Å²) in [6.45, 7) is 0. The quantitative estimate of drug-likeness (QED) is 0.717. The zero-order chi connectivity index (χ0) is 14.8. The second kappa shape index (κ2) is 5.79. The highest BCUT2D eigenvalue weighted by molar-refractivity contribution is 9.10. The van der Waals surface area contributed by atoms with Crippen LogP contribution in [-0.2, 0) is 0 Å². The van der Waals surface area contributed by atoms with Gasteiger partial charge in [-0.3, -0.25) is 0 Å². The minimum atomic E-state index is -1.15. The number of aromatic carboxylic acids is 1. The van der Waals surface area contributed by atoms with Crippen molar-refractivity contribution in [1.29, 1.82) is 0 Å². The number of para-hydroxylation sites is 1. The first-order valence-corrected chi connectivity index (χ1v) is 7.54. The lowest BCUT2D eigenvalue weighted by atomic mass is 10.2. The predicted octanol–water partition coefficient (Wildman–Crippen LogP) is 3.64. The van der Waals surface area contributed by atoms with Crippen LogP contribution in [0.1, 0.15) is 10.6 Å². The summed E-state index contributed by atoms with van der Waals surface area (Å²) in [5.41, 5.74) is 0.597. The Bertz CT molecular complexity index is 841. The molecule has 3 rings (SSSR count). The zero-order valence-electron chi connectivity index (χ0n) is 10.5. The number of halogens is 1. The number of carbonyl (C=O) groups is 1. The number of aromatic nitrogens is 3. The minimum absolute atomic E-state index is 0.219. The summed E-state index contributed by atoms with van der Waals surface area (Å²) in [6.07, 6.45) is 1.68. The fourth-order valence-electron chi connectivity index (χ4n) is 1.76. The molecule has 21 heavy (non-hydrogen) atoms. The normalized spacial score (nSPS) is 10.7. The van der Waals surface area contributed by atoms with Crippen molar-refractivity contribution in [1.82, 2.24) is 15.0 Å². The lowest BCUT2D eigenvalue weighted by Gasteiger charge is -2.07. The van der Waals surface area contributed by atoms with E-state index in [0.29, 0.717) is 10.5 Å². The SMILES string of the molecule is O=C(O)c1nc(Sc2ncccc2Br)c2ccccc2n1. The summed E-state index contributed by atoms with van der Waals surface area (Å²) in [6, 6.07) is 11.0. The molecule has 104 valence electrons. The van der Waals surface area contributed by atoms with Crippen LogP contribution in [0, 0.1) is 0 Å². The Morgan fingerprint density at radius 3 is 2.67 bits per heavy atom. The smallest absolute Gasteiger partial charge is 0.373 e. The minimum Gasteiger partial charge on any atom is -0.475 e. The van der Waals surface area contributed by atoms with E-state index >= 15 is 0 Å². The van der Waals surface area contributed by atoms with E-state index in [-0.39, 0.29) is 5.82 Å². The summed E-state index contributed by atoms with van der Waals surface area (Å²) in [7, 11) is 0. The van der Waals surface area contributed by atoms with Gasteiger partial charge in [0.2, 0.25) is 5.82 Å². The van der Waals surface area contributed by atoms with E-state index in [4.69, 9.17) is 5.11 Å². The van der Waals surface area contributed by atoms with Crippen LogP contribution in [0.15, 0.2) is 57.1 Å². The molecule has 0 aliphatic carbocycles. The van der Waals surface area contributed by atoms with Crippen LogP contribution in [0.5, 0.6) is 0 Å². The summed E-state index contributed by atoms with van der Waals surface area (Å²) >= 11 is 4.73. The molecule has 0 amide bonds. The Hall–Kier alpha value is -1.99. The van der Waals surface area contributed by atoms with Gasteiger partial charge in [0.1, 0.15) is 10.1 Å². The molecule has 0 saturated carbocycles. The molecule has 0 bridgehead atoms. The van der Waals surface area contributed by atoms with Gasteiger partial charge in [0.15, 0.2) is 0 Å². The molecule has 2 aromatic heterocycles. The van der Waals surface area contributed by atoms with Gasteiger partial charge in [0.05, 0.1) is 9.99 Å². The van der Waals surface area contributed by atoms with Crippen LogP contribution in [0.2, 0.25) is 0 Å². The average Bonchev–Trinajstić information content (AvgIpc) is 2.49. The molecule has 2 heterocycles. The highest BCUT2D eigenvalue weighted by atomic mass is 79.9. The van der Waals surface area contributed by atoms with Gasteiger partial charge in [-0.15, -0.1) is 0 Å². The molecule has 1 N–H and O–H groups in total. The van der Waals surface area contributed by atoms with E-state index in [9.17, 15) is 4.79 Å². The molecule has 0 aliphatic heterocycles. The highest BCUT2D eigenvalue weighted by Crippen LogP contribution is 2.34. The maximum absolute atomic E-state index is 11.2. The van der Waals surface area contributed by atoms with Crippen LogP contribution in [-0.4, -0.2) is 26.0 Å². The van der Waals surface area contributed by atoms with Gasteiger partial charge < -0.3 is 5.11 Å². The monoisotopic (exact) mass is 361 g/mol. The number of rotatable bonds is 3. The van der Waals surface area contributed by atoms with Crippen molar-refractivity contribution in [2.75, 3.05) is 0 Å². The van der Waals surface area contributed by atoms with Crippen molar-refractivity contribution in [3.05, 3.63) is 52.9 Å². The summed E-state index contributed by atoms with van der Waals surface area (Å²) in [4.78, 5) is 23.6. The number of hydrogen-bond acceptors (Lipinski definition) is 5. The summed E-state index contributed by atoms with van der Waals surface area (Å²) in [5.74, 6) is -1.37. The second-order valence-corrected chi connectivity index (χ2v) is 5.90. The van der Waals surface area contributed by atoms with Gasteiger partial charge in [-0.2, -0.15) is 0 Å². The molecule has 3 aromatic rings. The van der Waals surface area contributed by atoms with Crippen LogP contribution < -0.4 is 0 Å². The van der Waals surface area contributed by atoms with Crippen molar-refractivity contribution in [3.63, 3.8) is 0 Å². The molecule has 0 saturated heterocycles. The second-order valence-electron chi connectivity index (χ2n) is 4.07. The molecule has 0 atom stereocenters. The maximum Gasteiger partial charge on any atom is 0.373 e. The Morgan fingerprint density at radius 2 is 1.90 bits per heavy atom. The van der Waals surface area contributed by atoms with Crippen molar-refractivity contribution < 1.29 is 9.90 Å². The maximum atomic E-state index is 11.2. The first-order valence-electron chi connectivity index (χ1n) is 5.93. The van der Waals surface area contributed by atoms with Crippen molar-refractivity contribution in [2.45, 2.75) is 10.1 Å². The lowest BCUT2D eigenvalue weighted by Crippen LogP contribution is -2.05. The molecule has 5 nitrogen and oxygen atoms in total. The number of hydrogen-bond donors (Lipinski definition) is 1. The molecular formula is C14H8BrN3O2S. The summed E-state index contributed by atoms with van der Waals surface area (Å²) < 4.78 is 0.828. The Labute approximate surface area is 132 Å². The number of pyridine rings is 1. The lowest BCUT2D eigenvalue weighted by molar-refractivity contribution is 0.0683. The van der Waals surface area contributed by atoms with E-state index in [2.05, 4.69) is 30.9 Å². The van der Waals surface area contributed by atoms with Crippen LogP contribution in [0.3, 0.4) is 0 Å². The van der Waals surface area contributed by atoms with Gasteiger partial charge in [0.25, 0.3) is 0 Å². The van der Waals surface area contributed by atoms with E-state index < -0.39 is 5.97 Å². The summed E-state index contributed by atoms with van der Waals surface area (Å²) in [5, 5.41) is 11.2. The third kappa shape index (κ3) is 2.88. The van der Waals surface area contributed by atoms with E-state index in [0.717, 1.165) is 14.9 Å². The third-order valence-corrected chi connectivity index (χ3v) is 4.60. The number of fused-ring (bicyclic) bond motifs is 1. The Balaban J connectivity index is 2.16. The number of carboxylic acids is 1. The fourth-order valence-corrected chi connectivity index (χ4v) is 3.13. The van der Waals surface area contributed by atoms with Crippen molar-refractivity contribution >= 4 is 44.6 Å². The predicted molar refractivity (Wildman–Crippen MR) is 82.6 cm³/mol. The number of nitrogens with zero attached hydrogens (tertiary/aromatic N) is 3. The number of carboxylic acid groups (broad SMARTS) is 1. The van der Waals surface area contributed by atoms with Crippen LogP contribution in [0.25, 0.3) is 10.9 Å². The first kappa shape index (κ1) is 14.0. The van der Waals surface area contributed by atoms with E-state index in [1.165, 1.54) is 11.8 Å². The molecule has 1 aromatic carbocycles. The highest BCUT2D eigenvalue weighted by Gasteiger charge is 2.14. The molecule has 0 spiro atoms. The molecule has 0 unspecified atom stereocenters. The van der Waals surface area contributed by atoms with E-state index in [1.807, 2.05) is 30.3 Å².